The van der Waals surface area contributed by atoms with Gasteiger partial charge in [0.05, 0.1) is 22.6 Å². The van der Waals surface area contributed by atoms with Crippen LogP contribution in [0.15, 0.2) is 71.9 Å². The minimum Gasteiger partial charge on any atom is -0.494 e. The van der Waals surface area contributed by atoms with E-state index in [9.17, 15) is 4.79 Å². The molecule has 0 unspecified atom stereocenters. The van der Waals surface area contributed by atoms with Crippen LogP contribution in [0.5, 0.6) is 5.75 Å². The molecule has 3 aromatic carbocycles. The van der Waals surface area contributed by atoms with Gasteiger partial charge in [0.25, 0.3) is 0 Å². The van der Waals surface area contributed by atoms with Crippen molar-refractivity contribution < 1.29 is 9.53 Å². The number of amides is 1. The largest absolute Gasteiger partial charge is 0.494 e. The molecule has 1 N–H and O–H groups in total. The second-order valence-electron chi connectivity index (χ2n) is 8.23. The van der Waals surface area contributed by atoms with Gasteiger partial charge in [-0.25, -0.2) is 4.98 Å². The Balaban J connectivity index is 1.19. The standard InChI is InChI=1S/C27H25N5O2S2/c1-4-34-21-12-8-18(9-13-21)25-30-31-27(32(25)3)35-16-24(33)28-20-10-6-19(7-11-20)26-29-22-14-5-17(2)15-23(22)36-26/h5-15H,4,16H2,1-3H3,(H,28,33). The molecular formula is C27H25N5O2S2. The summed E-state index contributed by atoms with van der Waals surface area (Å²) in [5.41, 5.74) is 4.94. The minimum absolute atomic E-state index is 0.103. The van der Waals surface area contributed by atoms with Crippen LogP contribution in [0.25, 0.3) is 32.2 Å². The van der Waals surface area contributed by atoms with Crippen molar-refractivity contribution in [3.8, 4) is 27.7 Å². The molecule has 5 rings (SSSR count). The number of nitrogens with one attached hydrogen (secondary N) is 1. The quantitative estimate of drug-likeness (QED) is 0.248. The highest BCUT2D eigenvalue weighted by molar-refractivity contribution is 7.99. The topological polar surface area (TPSA) is 81.9 Å². The molecule has 0 aliphatic rings. The van der Waals surface area contributed by atoms with E-state index < -0.39 is 0 Å². The number of thioether (sulfide) groups is 1. The summed E-state index contributed by atoms with van der Waals surface area (Å²) in [5, 5.41) is 13.2. The fourth-order valence-corrected chi connectivity index (χ4v) is 5.52. The number of ether oxygens (including phenoxy) is 1. The zero-order valence-corrected chi connectivity index (χ0v) is 21.8. The summed E-state index contributed by atoms with van der Waals surface area (Å²) in [5.74, 6) is 1.68. The third kappa shape index (κ3) is 5.27. The predicted octanol–water partition coefficient (Wildman–Crippen LogP) is 6.20. The predicted molar refractivity (Wildman–Crippen MR) is 147 cm³/mol. The Morgan fingerprint density at radius 2 is 1.78 bits per heavy atom. The van der Waals surface area contributed by atoms with Crippen molar-refractivity contribution in [3.05, 3.63) is 72.3 Å². The van der Waals surface area contributed by atoms with Crippen LogP contribution in [0.1, 0.15) is 12.5 Å². The highest BCUT2D eigenvalue weighted by Crippen LogP contribution is 2.31. The number of hydrogen-bond donors (Lipinski definition) is 1. The molecule has 1 amide bonds. The first-order valence-electron chi connectivity index (χ1n) is 11.5. The maximum atomic E-state index is 12.6. The molecule has 0 atom stereocenters. The summed E-state index contributed by atoms with van der Waals surface area (Å²) < 4.78 is 8.56. The molecule has 0 aliphatic heterocycles. The summed E-state index contributed by atoms with van der Waals surface area (Å²) in [7, 11) is 1.90. The normalized spacial score (nSPS) is 11.1. The van der Waals surface area contributed by atoms with Crippen molar-refractivity contribution >= 4 is 44.9 Å². The van der Waals surface area contributed by atoms with E-state index in [1.54, 1.807) is 11.3 Å². The van der Waals surface area contributed by atoms with Gasteiger partial charge in [0, 0.05) is 23.9 Å². The lowest BCUT2D eigenvalue weighted by molar-refractivity contribution is -0.113. The van der Waals surface area contributed by atoms with Gasteiger partial charge in [-0.1, -0.05) is 17.8 Å². The van der Waals surface area contributed by atoms with Crippen LogP contribution in [-0.2, 0) is 11.8 Å². The summed E-state index contributed by atoms with van der Waals surface area (Å²) in [6.45, 7) is 4.66. The molecule has 0 aliphatic carbocycles. The molecule has 0 saturated heterocycles. The third-order valence-corrected chi connectivity index (χ3v) is 7.64. The molecule has 0 radical (unpaired) electrons. The van der Waals surface area contributed by atoms with E-state index in [0.717, 1.165) is 38.9 Å². The number of carbonyl (C=O) groups is 1. The number of nitrogens with zero attached hydrogens (tertiary/aromatic N) is 4. The first-order chi connectivity index (χ1) is 17.5. The highest BCUT2D eigenvalue weighted by Gasteiger charge is 2.14. The molecule has 0 saturated carbocycles. The number of aryl methyl sites for hydroxylation is 1. The Labute approximate surface area is 217 Å². The number of rotatable bonds is 8. The summed E-state index contributed by atoms with van der Waals surface area (Å²) in [6.07, 6.45) is 0. The number of carbonyl (C=O) groups excluding carboxylic acids is 1. The second kappa shape index (κ2) is 10.5. The van der Waals surface area contributed by atoms with Crippen LogP contribution >= 0.6 is 23.1 Å². The molecule has 5 aromatic rings. The number of thiazole rings is 1. The van der Waals surface area contributed by atoms with Crippen LogP contribution in [0.2, 0.25) is 0 Å². The Bertz CT molecular complexity index is 1510. The summed E-state index contributed by atoms with van der Waals surface area (Å²) >= 11 is 3.02. The van der Waals surface area contributed by atoms with E-state index in [0.29, 0.717) is 11.8 Å². The molecule has 182 valence electrons. The van der Waals surface area contributed by atoms with Crippen LogP contribution in [0.3, 0.4) is 0 Å². The van der Waals surface area contributed by atoms with Crippen LogP contribution in [0.4, 0.5) is 5.69 Å². The summed E-state index contributed by atoms with van der Waals surface area (Å²) in [4.78, 5) is 17.3. The van der Waals surface area contributed by atoms with E-state index in [2.05, 4.69) is 40.6 Å². The van der Waals surface area contributed by atoms with Gasteiger partial charge >= 0.3 is 0 Å². The fourth-order valence-electron chi connectivity index (χ4n) is 3.74. The van der Waals surface area contributed by atoms with E-state index in [1.165, 1.54) is 22.0 Å². The highest BCUT2D eigenvalue weighted by atomic mass is 32.2. The van der Waals surface area contributed by atoms with Gasteiger partial charge in [0.2, 0.25) is 5.91 Å². The van der Waals surface area contributed by atoms with Gasteiger partial charge in [-0.15, -0.1) is 21.5 Å². The minimum atomic E-state index is -0.103. The van der Waals surface area contributed by atoms with Gasteiger partial charge in [0.1, 0.15) is 10.8 Å². The lowest BCUT2D eigenvalue weighted by Gasteiger charge is -2.07. The third-order valence-electron chi connectivity index (χ3n) is 5.55. The molecule has 2 aromatic heterocycles. The van der Waals surface area contributed by atoms with Crippen LogP contribution in [0, 0.1) is 6.92 Å². The number of aromatic nitrogens is 4. The van der Waals surface area contributed by atoms with E-state index in [1.807, 2.05) is 67.1 Å². The first kappa shape index (κ1) is 24.0. The van der Waals surface area contributed by atoms with Gasteiger partial charge in [-0.2, -0.15) is 0 Å². The molecule has 0 fully saturated rings. The monoisotopic (exact) mass is 515 g/mol. The lowest BCUT2D eigenvalue weighted by atomic mass is 10.2. The van der Waals surface area contributed by atoms with Crippen molar-refractivity contribution in [2.24, 2.45) is 7.05 Å². The van der Waals surface area contributed by atoms with Gasteiger partial charge in [-0.05, 0) is 80.1 Å². The van der Waals surface area contributed by atoms with Crippen molar-refractivity contribution in [2.75, 3.05) is 17.7 Å². The van der Waals surface area contributed by atoms with E-state index in [4.69, 9.17) is 9.72 Å². The lowest BCUT2D eigenvalue weighted by Crippen LogP contribution is -2.14. The zero-order valence-electron chi connectivity index (χ0n) is 20.2. The smallest absolute Gasteiger partial charge is 0.234 e. The summed E-state index contributed by atoms with van der Waals surface area (Å²) in [6, 6.07) is 21.8. The zero-order chi connectivity index (χ0) is 25.1. The van der Waals surface area contributed by atoms with Crippen LogP contribution in [-0.4, -0.2) is 38.0 Å². The number of anilines is 1. The molecule has 7 nitrogen and oxygen atoms in total. The molecule has 9 heteroatoms. The number of fused-ring (bicyclic) bond motifs is 1. The Morgan fingerprint density at radius 3 is 2.53 bits per heavy atom. The Kier molecular flexibility index (Phi) is 7.02. The molecule has 36 heavy (non-hydrogen) atoms. The van der Waals surface area contributed by atoms with Gasteiger partial charge in [-0.3, -0.25) is 4.79 Å². The van der Waals surface area contributed by atoms with Crippen molar-refractivity contribution in [2.45, 2.75) is 19.0 Å². The Hall–Kier alpha value is -3.69. The van der Waals surface area contributed by atoms with Crippen molar-refractivity contribution in [3.63, 3.8) is 0 Å². The number of benzene rings is 3. The second-order valence-corrected chi connectivity index (χ2v) is 10.2. The van der Waals surface area contributed by atoms with Gasteiger partial charge in [0.15, 0.2) is 11.0 Å². The van der Waals surface area contributed by atoms with E-state index in [-0.39, 0.29) is 11.7 Å². The van der Waals surface area contributed by atoms with Crippen molar-refractivity contribution in [1.29, 1.82) is 0 Å². The van der Waals surface area contributed by atoms with Gasteiger partial charge < -0.3 is 14.6 Å². The fraction of sp³-hybridized carbons (Fsp3) is 0.185. The average Bonchev–Trinajstić information content (AvgIpc) is 3.47. The maximum Gasteiger partial charge on any atom is 0.234 e. The average molecular weight is 516 g/mol. The molecule has 0 bridgehead atoms. The Morgan fingerprint density at radius 1 is 1.03 bits per heavy atom. The van der Waals surface area contributed by atoms with Crippen molar-refractivity contribution in [1.82, 2.24) is 19.7 Å². The molecule has 0 spiro atoms. The number of hydrogen-bond acceptors (Lipinski definition) is 7. The first-order valence-corrected chi connectivity index (χ1v) is 13.3. The molecular weight excluding hydrogens is 490 g/mol. The molecule has 2 heterocycles. The maximum absolute atomic E-state index is 12.6. The van der Waals surface area contributed by atoms with Crippen LogP contribution < -0.4 is 10.1 Å². The van der Waals surface area contributed by atoms with E-state index >= 15 is 0 Å². The SMILES string of the molecule is CCOc1ccc(-c2nnc(SCC(=O)Nc3ccc(-c4nc5ccc(C)cc5s4)cc3)n2C)cc1.